The molecule has 0 aliphatic heterocycles. The molecule has 0 unspecified atom stereocenters. The van der Waals surface area contributed by atoms with Crippen LogP contribution in [-0.2, 0) is 6.18 Å². The van der Waals surface area contributed by atoms with Gasteiger partial charge < -0.3 is 15.0 Å². The Hall–Kier alpha value is -3.69. The van der Waals surface area contributed by atoms with Crippen LogP contribution in [0.25, 0.3) is 11.0 Å². The molecule has 0 fully saturated rings. The van der Waals surface area contributed by atoms with Gasteiger partial charge in [0.15, 0.2) is 5.82 Å². The predicted octanol–water partition coefficient (Wildman–Crippen LogP) is 5.66. The van der Waals surface area contributed by atoms with Gasteiger partial charge in [0.05, 0.1) is 11.1 Å². The number of hydrogen-bond donors (Lipinski definition) is 2. The van der Waals surface area contributed by atoms with Crippen molar-refractivity contribution in [3.05, 3.63) is 65.4 Å². The number of H-pyrrole nitrogens is 1. The summed E-state index contributed by atoms with van der Waals surface area (Å²) >= 11 is 0. The molecule has 0 spiro atoms. The zero-order chi connectivity index (χ0) is 21.5. The Bertz CT molecular complexity index is 1200. The van der Waals surface area contributed by atoms with Crippen LogP contribution in [0.3, 0.4) is 0 Å². The lowest BCUT2D eigenvalue weighted by molar-refractivity contribution is -0.137. The summed E-state index contributed by atoms with van der Waals surface area (Å²) in [5, 5.41) is 2.89. The van der Waals surface area contributed by atoms with Crippen LogP contribution in [0.2, 0.25) is 0 Å². The number of aromatic amines is 1. The van der Waals surface area contributed by atoms with E-state index in [9.17, 15) is 17.6 Å². The van der Waals surface area contributed by atoms with Gasteiger partial charge in [0.2, 0.25) is 11.8 Å². The highest BCUT2D eigenvalue weighted by molar-refractivity contribution is 5.80. The highest BCUT2D eigenvalue weighted by atomic mass is 19.4. The van der Waals surface area contributed by atoms with E-state index in [0.717, 1.165) is 11.8 Å². The summed E-state index contributed by atoms with van der Waals surface area (Å²) in [7, 11) is 0. The maximum Gasteiger partial charge on any atom is 0.416 e. The van der Waals surface area contributed by atoms with E-state index in [1.807, 2.05) is 6.92 Å². The number of nitrogens with zero attached hydrogens (tertiary/aromatic N) is 3. The number of nitrogens with one attached hydrogen (secondary N) is 2. The number of anilines is 2. The SMILES string of the molecule is Cc1cc(Oc2ccc(Nc3nc4c(F)cc(C(F)(F)F)cc4[nH]3)cc2)nc(C)n1. The van der Waals surface area contributed by atoms with E-state index < -0.39 is 17.6 Å². The molecule has 0 amide bonds. The van der Waals surface area contributed by atoms with Crippen molar-refractivity contribution in [2.75, 3.05) is 5.32 Å². The Morgan fingerprint density at radius 2 is 1.70 bits per heavy atom. The molecule has 0 saturated heterocycles. The summed E-state index contributed by atoms with van der Waals surface area (Å²) in [4.78, 5) is 15.0. The minimum absolute atomic E-state index is 0.0562. The fourth-order valence-electron chi connectivity index (χ4n) is 2.90. The maximum atomic E-state index is 14.0. The lowest BCUT2D eigenvalue weighted by atomic mass is 10.2. The van der Waals surface area contributed by atoms with Gasteiger partial charge in [0.1, 0.15) is 17.1 Å². The second-order valence-electron chi connectivity index (χ2n) is 6.58. The molecule has 0 atom stereocenters. The van der Waals surface area contributed by atoms with Gasteiger partial charge in [-0.1, -0.05) is 0 Å². The van der Waals surface area contributed by atoms with Crippen LogP contribution in [0, 0.1) is 19.7 Å². The molecule has 2 heterocycles. The quantitative estimate of drug-likeness (QED) is 0.419. The van der Waals surface area contributed by atoms with Crippen molar-refractivity contribution >= 4 is 22.7 Å². The minimum atomic E-state index is -4.65. The number of fused-ring (bicyclic) bond motifs is 1. The van der Waals surface area contributed by atoms with Gasteiger partial charge in [0.25, 0.3) is 0 Å². The van der Waals surface area contributed by atoms with Crippen molar-refractivity contribution in [2.24, 2.45) is 0 Å². The fourth-order valence-corrected chi connectivity index (χ4v) is 2.90. The van der Waals surface area contributed by atoms with Crippen LogP contribution in [0.5, 0.6) is 11.6 Å². The Morgan fingerprint density at radius 3 is 2.37 bits per heavy atom. The van der Waals surface area contributed by atoms with Crippen molar-refractivity contribution in [3.8, 4) is 11.6 Å². The second kappa shape index (κ2) is 7.29. The Labute approximate surface area is 168 Å². The summed E-state index contributed by atoms with van der Waals surface area (Å²) in [5.74, 6) is 0.591. The fraction of sp³-hybridized carbons (Fsp3) is 0.150. The van der Waals surface area contributed by atoms with Crippen LogP contribution < -0.4 is 10.1 Å². The summed E-state index contributed by atoms with van der Waals surface area (Å²) in [6.07, 6.45) is -4.65. The minimum Gasteiger partial charge on any atom is -0.439 e. The molecular formula is C20H15F4N5O. The zero-order valence-corrected chi connectivity index (χ0v) is 15.8. The van der Waals surface area contributed by atoms with Crippen LogP contribution in [0.1, 0.15) is 17.1 Å². The third-order valence-electron chi connectivity index (χ3n) is 4.15. The largest absolute Gasteiger partial charge is 0.439 e. The highest BCUT2D eigenvalue weighted by Crippen LogP contribution is 2.33. The van der Waals surface area contributed by atoms with E-state index in [0.29, 0.717) is 29.2 Å². The molecule has 0 saturated carbocycles. The Kier molecular flexibility index (Phi) is 4.76. The van der Waals surface area contributed by atoms with E-state index in [1.165, 1.54) is 0 Å². The number of halogens is 4. The molecule has 2 aromatic heterocycles. The van der Waals surface area contributed by atoms with Crippen molar-refractivity contribution in [2.45, 2.75) is 20.0 Å². The third kappa shape index (κ3) is 4.17. The highest BCUT2D eigenvalue weighted by Gasteiger charge is 2.32. The maximum absolute atomic E-state index is 14.0. The van der Waals surface area contributed by atoms with Gasteiger partial charge in [-0.05, 0) is 50.2 Å². The third-order valence-corrected chi connectivity index (χ3v) is 4.15. The number of imidazole rings is 1. The van der Waals surface area contributed by atoms with Gasteiger partial charge in [-0.25, -0.2) is 14.4 Å². The Morgan fingerprint density at radius 1 is 0.967 bits per heavy atom. The first kappa shape index (κ1) is 19.6. The summed E-state index contributed by atoms with van der Waals surface area (Å²) in [6.45, 7) is 3.60. The molecule has 10 heteroatoms. The van der Waals surface area contributed by atoms with E-state index in [2.05, 4.69) is 25.3 Å². The number of benzene rings is 2. The van der Waals surface area contributed by atoms with Gasteiger partial charge in [-0.2, -0.15) is 18.2 Å². The molecule has 0 aliphatic rings. The van der Waals surface area contributed by atoms with Crippen LogP contribution in [-0.4, -0.2) is 19.9 Å². The molecule has 0 aliphatic carbocycles. The first-order valence-electron chi connectivity index (χ1n) is 8.81. The summed E-state index contributed by atoms with van der Waals surface area (Å²) in [5.41, 5.74) is 0.0353. The summed E-state index contributed by atoms with van der Waals surface area (Å²) < 4.78 is 58.3. The normalized spacial score (nSPS) is 11.7. The smallest absolute Gasteiger partial charge is 0.416 e. The summed E-state index contributed by atoms with van der Waals surface area (Å²) in [6, 6.07) is 9.67. The standard InChI is InChI=1S/C20H15F4N5O/c1-10-7-17(26-11(2)25-10)30-14-5-3-13(4-6-14)27-19-28-16-9-12(20(22,23)24)8-15(21)18(16)29-19/h3-9H,1-2H3,(H2,27,28,29). The van der Waals surface area contributed by atoms with Crippen molar-refractivity contribution < 1.29 is 22.3 Å². The first-order valence-corrected chi connectivity index (χ1v) is 8.81. The molecule has 30 heavy (non-hydrogen) atoms. The molecule has 154 valence electrons. The molecular weight excluding hydrogens is 402 g/mol. The van der Waals surface area contributed by atoms with Crippen LogP contribution in [0.15, 0.2) is 42.5 Å². The lowest BCUT2D eigenvalue weighted by Crippen LogP contribution is -2.05. The topological polar surface area (TPSA) is 75.7 Å². The van der Waals surface area contributed by atoms with E-state index >= 15 is 0 Å². The second-order valence-corrected chi connectivity index (χ2v) is 6.58. The van der Waals surface area contributed by atoms with E-state index in [1.54, 1.807) is 37.3 Å². The van der Waals surface area contributed by atoms with Gasteiger partial charge in [-0.3, -0.25) is 0 Å². The zero-order valence-electron chi connectivity index (χ0n) is 15.8. The molecule has 4 aromatic rings. The first-order chi connectivity index (χ1) is 14.2. The van der Waals surface area contributed by atoms with Crippen molar-refractivity contribution in [1.29, 1.82) is 0 Å². The van der Waals surface area contributed by atoms with Gasteiger partial charge >= 0.3 is 6.18 Å². The van der Waals surface area contributed by atoms with Gasteiger partial charge in [-0.15, -0.1) is 0 Å². The van der Waals surface area contributed by atoms with Crippen LogP contribution >= 0.6 is 0 Å². The van der Waals surface area contributed by atoms with Crippen LogP contribution in [0.4, 0.5) is 29.2 Å². The molecule has 4 rings (SSSR count). The number of aryl methyl sites for hydroxylation is 2. The number of aromatic nitrogens is 4. The molecule has 2 N–H and O–H groups in total. The molecule has 2 aromatic carbocycles. The number of hydrogen-bond acceptors (Lipinski definition) is 5. The lowest BCUT2D eigenvalue weighted by Gasteiger charge is -2.07. The molecule has 0 bridgehead atoms. The number of rotatable bonds is 4. The van der Waals surface area contributed by atoms with E-state index in [4.69, 9.17) is 4.74 Å². The average molecular weight is 417 g/mol. The Balaban J connectivity index is 1.53. The number of ether oxygens (including phenoxy) is 1. The van der Waals surface area contributed by atoms with Gasteiger partial charge in [0, 0.05) is 17.4 Å². The monoisotopic (exact) mass is 417 g/mol. The van der Waals surface area contributed by atoms with Crippen molar-refractivity contribution in [1.82, 2.24) is 19.9 Å². The average Bonchev–Trinajstić information content (AvgIpc) is 3.05. The molecule has 0 radical (unpaired) electrons. The van der Waals surface area contributed by atoms with E-state index in [-0.39, 0.29) is 17.0 Å². The number of alkyl halides is 3. The predicted molar refractivity (Wildman–Crippen MR) is 102 cm³/mol. The molecule has 6 nitrogen and oxygen atoms in total. The van der Waals surface area contributed by atoms with Crippen molar-refractivity contribution in [3.63, 3.8) is 0 Å².